The van der Waals surface area contributed by atoms with Gasteiger partial charge in [-0.25, -0.2) is 0 Å². The van der Waals surface area contributed by atoms with E-state index in [9.17, 15) is 13.2 Å². The summed E-state index contributed by atoms with van der Waals surface area (Å²) in [4.78, 5) is 5.54. The van der Waals surface area contributed by atoms with E-state index in [0.29, 0.717) is 37.0 Å². The highest BCUT2D eigenvalue weighted by Gasteiger charge is 2.34. The van der Waals surface area contributed by atoms with Crippen LogP contribution in [-0.4, -0.2) is 63.4 Å². The van der Waals surface area contributed by atoms with E-state index in [1.165, 1.54) is 4.90 Å². The van der Waals surface area contributed by atoms with Crippen molar-refractivity contribution in [2.45, 2.75) is 24.7 Å². The van der Waals surface area contributed by atoms with Crippen LogP contribution in [0.25, 0.3) is 0 Å². The van der Waals surface area contributed by atoms with Gasteiger partial charge < -0.3 is 15.4 Å². The molecule has 1 aromatic carbocycles. The minimum Gasteiger partial charge on any atom is -0.375 e. The molecular formula is C17H24ClF3N4O. The van der Waals surface area contributed by atoms with Gasteiger partial charge in [0.15, 0.2) is 5.96 Å². The zero-order chi connectivity index (χ0) is 19.2. The number of alkyl halides is 3. The highest BCUT2D eigenvalue weighted by atomic mass is 35.5. The first-order chi connectivity index (χ1) is 12.3. The molecule has 2 rings (SSSR count). The summed E-state index contributed by atoms with van der Waals surface area (Å²) in [6.45, 7) is 0.326. The molecule has 0 amide bonds. The summed E-state index contributed by atoms with van der Waals surface area (Å²) >= 11 is 6.01. The number of guanidine groups is 1. The lowest BCUT2D eigenvalue weighted by atomic mass is 10.1. The molecule has 26 heavy (non-hydrogen) atoms. The van der Waals surface area contributed by atoms with Crippen LogP contribution in [0.1, 0.15) is 18.1 Å². The molecule has 2 atom stereocenters. The summed E-state index contributed by atoms with van der Waals surface area (Å²) in [7, 11) is 3.23. The van der Waals surface area contributed by atoms with E-state index in [1.807, 2.05) is 18.2 Å². The van der Waals surface area contributed by atoms with Crippen molar-refractivity contribution in [1.29, 1.82) is 0 Å². The number of benzene rings is 1. The third kappa shape index (κ3) is 6.66. The summed E-state index contributed by atoms with van der Waals surface area (Å²) in [6, 6.07) is 7.32. The van der Waals surface area contributed by atoms with Crippen molar-refractivity contribution in [2.24, 2.45) is 4.99 Å². The van der Waals surface area contributed by atoms with Crippen molar-refractivity contribution in [3.05, 3.63) is 34.9 Å². The molecule has 2 unspecified atom stereocenters. The van der Waals surface area contributed by atoms with E-state index in [1.54, 1.807) is 20.2 Å². The molecular weight excluding hydrogens is 369 g/mol. The maximum atomic E-state index is 12.5. The lowest BCUT2D eigenvalue weighted by Crippen LogP contribution is -2.46. The number of ether oxygens (including phenoxy) is 1. The van der Waals surface area contributed by atoms with Crippen LogP contribution < -0.4 is 10.6 Å². The van der Waals surface area contributed by atoms with Gasteiger partial charge in [0.1, 0.15) is 0 Å². The first-order valence-electron chi connectivity index (χ1n) is 8.35. The largest absolute Gasteiger partial charge is 0.401 e. The third-order valence-electron chi connectivity index (χ3n) is 4.20. The first kappa shape index (κ1) is 20.8. The summed E-state index contributed by atoms with van der Waals surface area (Å²) in [5.41, 5.74) is 0.931. The highest BCUT2D eigenvalue weighted by Crippen LogP contribution is 2.21. The Bertz CT molecular complexity index is 612. The number of hydrogen-bond donors (Lipinski definition) is 2. The predicted octanol–water partition coefficient (Wildman–Crippen LogP) is 2.83. The normalized spacial score (nSPS) is 20.2. The number of nitrogens with one attached hydrogen (secondary N) is 2. The predicted molar refractivity (Wildman–Crippen MR) is 96.6 cm³/mol. The van der Waals surface area contributed by atoms with Gasteiger partial charge in [-0.05, 0) is 24.1 Å². The zero-order valence-electron chi connectivity index (χ0n) is 14.8. The molecule has 0 saturated carbocycles. The van der Waals surface area contributed by atoms with Crippen molar-refractivity contribution in [1.82, 2.24) is 15.5 Å². The summed E-state index contributed by atoms with van der Waals surface area (Å²) in [6.07, 6.45) is -3.76. The molecule has 1 aliphatic heterocycles. The van der Waals surface area contributed by atoms with Gasteiger partial charge in [-0.3, -0.25) is 9.89 Å². The Morgan fingerprint density at radius 2 is 2.23 bits per heavy atom. The lowest BCUT2D eigenvalue weighted by molar-refractivity contribution is -0.143. The topological polar surface area (TPSA) is 48.9 Å². The van der Waals surface area contributed by atoms with E-state index < -0.39 is 12.7 Å². The molecule has 0 spiro atoms. The van der Waals surface area contributed by atoms with E-state index in [-0.39, 0.29) is 12.1 Å². The fourth-order valence-corrected chi connectivity index (χ4v) is 3.17. The van der Waals surface area contributed by atoms with Crippen LogP contribution in [-0.2, 0) is 4.74 Å². The molecule has 0 aromatic heterocycles. The van der Waals surface area contributed by atoms with Crippen molar-refractivity contribution in [3.8, 4) is 0 Å². The lowest BCUT2D eigenvalue weighted by Gasteiger charge is -2.22. The number of likely N-dealkylation sites (tertiary alicyclic amines) is 1. The molecule has 1 fully saturated rings. The van der Waals surface area contributed by atoms with Crippen LogP contribution in [0, 0.1) is 0 Å². The average Bonchev–Trinajstić information content (AvgIpc) is 2.99. The number of rotatable bonds is 6. The van der Waals surface area contributed by atoms with Crippen molar-refractivity contribution in [3.63, 3.8) is 0 Å². The Morgan fingerprint density at radius 1 is 1.46 bits per heavy atom. The van der Waals surface area contributed by atoms with E-state index in [0.717, 1.165) is 5.56 Å². The molecule has 1 saturated heterocycles. The molecule has 0 bridgehead atoms. The minimum atomic E-state index is -4.17. The molecule has 146 valence electrons. The minimum absolute atomic E-state index is 0.0734. The van der Waals surface area contributed by atoms with Gasteiger partial charge in [-0.2, -0.15) is 13.2 Å². The van der Waals surface area contributed by atoms with Crippen LogP contribution >= 0.6 is 11.6 Å². The highest BCUT2D eigenvalue weighted by molar-refractivity contribution is 6.30. The van der Waals surface area contributed by atoms with Crippen molar-refractivity contribution >= 4 is 17.6 Å². The summed E-state index contributed by atoms with van der Waals surface area (Å²) < 4.78 is 42.9. The van der Waals surface area contributed by atoms with Gasteiger partial charge in [0.2, 0.25) is 0 Å². The van der Waals surface area contributed by atoms with E-state index in [4.69, 9.17) is 16.3 Å². The second-order valence-corrected chi connectivity index (χ2v) is 6.65. The van der Waals surface area contributed by atoms with Gasteiger partial charge >= 0.3 is 6.18 Å². The maximum absolute atomic E-state index is 12.5. The van der Waals surface area contributed by atoms with Crippen LogP contribution in [0.5, 0.6) is 0 Å². The summed E-state index contributed by atoms with van der Waals surface area (Å²) in [5, 5.41) is 6.96. The van der Waals surface area contributed by atoms with Crippen LogP contribution in [0.2, 0.25) is 5.02 Å². The Labute approximate surface area is 156 Å². The maximum Gasteiger partial charge on any atom is 0.401 e. The molecule has 0 radical (unpaired) electrons. The standard InChI is InChI=1S/C17H24ClF3N4O/c1-22-16(24-14-6-7-25(10-14)11-17(19,20)21)23-9-15(26-2)12-4-3-5-13(18)8-12/h3-5,8,14-15H,6-7,9-11H2,1-2H3,(H2,22,23,24). The number of hydrogen-bond acceptors (Lipinski definition) is 3. The molecule has 5 nitrogen and oxygen atoms in total. The Morgan fingerprint density at radius 3 is 2.85 bits per heavy atom. The number of halogens is 4. The average molecular weight is 393 g/mol. The zero-order valence-corrected chi connectivity index (χ0v) is 15.6. The third-order valence-corrected chi connectivity index (χ3v) is 4.43. The van der Waals surface area contributed by atoms with Crippen molar-refractivity contribution in [2.75, 3.05) is 40.3 Å². The molecule has 0 aliphatic carbocycles. The van der Waals surface area contributed by atoms with Crippen LogP contribution in [0.15, 0.2) is 29.3 Å². The quantitative estimate of drug-likeness (QED) is 0.577. The molecule has 1 heterocycles. The van der Waals surface area contributed by atoms with Gasteiger partial charge in [0, 0.05) is 44.9 Å². The second-order valence-electron chi connectivity index (χ2n) is 6.21. The Hall–Kier alpha value is -1.51. The number of nitrogens with zero attached hydrogens (tertiary/aromatic N) is 2. The molecule has 1 aliphatic rings. The van der Waals surface area contributed by atoms with Crippen LogP contribution in [0.3, 0.4) is 0 Å². The molecule has 2 N–H and O–H groups in total. The molecule has 9 heteroatoms. The van der Waals surface area contributed by atoms with Gasteiger partial charge in [0.05, 0.1) is 12.6 Å². The smallest absolute Gasteiger partial charge is 0.375 e. The Balaban J connectivity index is 1.84. The molecule has 1 aromatic rings. The Kier molecular flexibility index (Phi) is 7.55. The summed E-state index contributed by atoms with van der Waals surface area (Å²) in [5.74, 6) is 0.535. The van der Waals surface area contributed by atoms with Crippen molar-refractivity contribution < 1.29 is 17.9 Å². The van der Waals surface area contributed by atoms with Gasteiger partial charge in [0.25, 0.3) is 0 Å². The second kappa shape index (κ2) is 9.43. The SMILES string of the molecule is CN=C(NCC(OC)c1cccc(Cl)c1)NC1CCN(CC(F)(F)F)C1. The van der Waals surface area contributed by atoms with E-state index in [2.05, 4.69) is 15.6 Å². The van der Waals surface area contributed by atoms with Gasteiger partial charge in [-0.15, -0.1) is 0 Å². The van der Waals surface area contributed by atoms with E-state index >= 15 is 0 Å². The fraction of sp³-hybridized carbons (Fsp3) is 0.588. The first-order valence-corrected chi connectivity index (χ1v) is 8.73. The number of methoxy groups -OCH3 is 1. The fourth-order valence-electron chi connectivity index (χ4n) is 2.97. The van der Waals surface area contributed by atoms with Gasteiger partial charge in [-0.1, -0.05) is 23.7 Å². The number of aliphatic imine (C=N–C) groups is 1. The van der Waals surface area contributed by atoms with Crippen LogP contribution in [0.4, 0.5) is 13.2 Å². The monoisotopic (exact) mass is 392 g/mol.